The van der Waals surface area contributed by atoms with Crippen LogP contribution in [0.4, 0.5) is 11.4 Å². The molecule has 1 aliphatic rings. The van der Waals surface area contributed by atoms with Crippen LogP contribution in [0.3, 0.4) is 0 Å². The number of hydrogen-bond acceptors (Lipinski definition) is 3. The molecule has 0 saturated heterocycles. The van der Waals surface area contributed by atoms with Crippen molar-refractivity contribution in [3.63, 3.8) is 0 Å². The first-order valence-corrected chi connectivity index (χ1v) is 11.4. The highest BCUT2D eigenvalue weighted by atomic mass is 35.5. The van der Waals surface area contributed by atoms with Gasteiger partial charge in [0.25, 0.3) is 15.9 Å². The summed E-state index contributed by atoms with van der Waals surface area (Å²) < 4.78 is 27.8. The number of nitrogens with zero attached hydrogens (tertiary/aromatic N) is 1. The number of carbonyl (C=O) groups is 1. The minimum atomic E-state index is -3.73. The van der Waals surface area contributed by atoms with Crippen molar-refractivity contribution >= 4 is 38.9 Å². The van der Waals surface area contributed by atoms with Crippen molar-refractivity contribution in [2.45, 2.75) is 31.2 Å². The molecule has 4 rings (SSSR count). The molecule has 0 spiro atoms. The highest BCUT2D eigenvalue weighted by molar-refractivity contribution is 7.92. The van der Waals surface area contributed by atoms with Gasteiger partial charge in [0, 0.05) is 22.3 Å². The lowest BCUT2D eigenvalue weighted by molar-refractivity contribution is 0.102. The fraction of sp³-hybridized carbons (Fsp3) is 0.174. The Hall–Kier alpha value is -2.83. The van der Waals surface area contributed by atoms with Crippen LogP contribution in [0, 0.1) is 6.92 Å². The van der Waals surface area contributed by atoms with Crippen molar-refractivity contribution in [1.29, 1.82) is 0 Å². The third-order valence-electron chi connectivity index (χ3n) is 5.17. The van der Waals surface area contributed by atoms with Gasteiger partial charge in [0.2, 0.25) is 0 Å². The van der Waals surface area contributed by atoms with E-state index in [1.54, 1.807) is 30.3 Å². The monoisotopic (exact) mass is 440 g/mol. The predicted molar refractivity (Wildman–Crippen MR) is 120 cm³/mol. The van der Waals surface area contributed by atoms with Crippen LogP contribution in [0.25, 0.3) is 0 Å². The Kier molecular flexibility index (Phi) is 5.30. The average molecular weight is 441 g/mol. The molecule has 3 aromatic carbocycles. The summed E-state index contributed by atoms with van der Waals surface area (Å²) >= 11 is 5.90. The van der Waals surface area contributed by atoms with Gasteiger partial charge >= 0.3 is 0 Å². The zero-order valence-electron chi connectivity index (χ0n) is 16.6. The van der Waals surface area contributed by atoms with E-state index in [9.17, 15) is 13.2 Å². The first-order valence-electron chi connectivity index (χ1n) is 9.56. The maximum Gasteiger partial charge on any atom is 0.264 e. The van der Waals surface area contributed by atoms with Crippen LogP contribution in [-0.4, -0.2) is 20.4 Å². The fourth-order valence-corrected chi connectivity index (χ4v) is 5.49. The number of fused-ring (bicyclic) bond motifs is 1. The maximum absolute atomic E-state index is 13.2. The quantitative estimate of drug-likeness (QED) is 0.618. The van der Waals surface area contributed by atoms with Crippen LogP contribution in [-0.2, 0) is 16.4 Å². The minimum absolute atomic E-state index is 0.188. The number of aryl methyl sites for hydroxylation is 1. The van der Waals surface area contributed by atoms with Gasteiger partial charge in [-0.1, -0.05) is 29.3 Å². The summed E-state index contributed by atoms with van der Waals surface area (Å²) in [7, 11) is -3.73. The van der Waals surface area contributed by atoms with Gasteiger partial charge in [-0.3, -0.25) is 9.10 Å². The predicted octanol–water partition coefficient (Wildman–Crippen LogP) is 5.04. The number of sulfonamides is 1. The van der Waals surface area contributed by atoms with Crippen molar-refractivity contribution in [2.75, 3.05) is 9.62 Å². The molecule has 0 aliphatic carbocycles. The highest BCUT2D eigenvalue weighted by Crippen LogP contribution is 2.37. The van der Waals surface area contributed by atoms with Gasteiger partial charge in [-0.25, -0.2) is 8.42 Å². The molecule has 1 amide bonds. The van der Waals surface area contributed by atoms with Gasteiger partial charge in [0.15, 0.2) is 0 Å². The molecule has 0 unspecified atom stereocenters. The summed E-state index contributed by atoms with van der Waals surface area (Å²) in [5.41, 5.74) is 3.75. The summed E-state index contributed by atoms with van der Waals surface area (Å²) in [4.78, 5) is 12.8. The summed E-state index contributed by atoms with van der Waals surface area (Å²) in [6.07, 6.45) is 0.536. The molecule has 0 saturated carbocycles. The molecule has 0 aromatic heterocycles. The van der Waals surface area contributed by atoms with Gasteiger partial charge < -0.3 is 5.32 Å². The van der Waals surface area contributed by atoms with Crippen molar-refractivity contribution in [1.82, 2.24) is 0 Å². The molecule has 1 aliphatic heterocycles. The highest BCUT2D eigenvalue weighted by Gasteiger charge is 2.36. The van der Waals surface area contributed by atoms with Crippen LogP contribution < -0.4 is 9.62 Å². The Balaban J connectivity index is 1.62. The van der Waals surface area contributed by atoms with E-state index in [1.165, 1.54) is 16.4 Å². The van der Waals surface area contributed by atoms with Gasteiger partial charge in [-0.2, -0.15) is 0 Å². The molecule has 1 N–H and O–H groups in total. The van der Waals surface area contributed by atoms with Crippen LogP contribution in [0.2, 0.25) is 5.02 Å². The Morgan fingerprint density at radius 1 is 1.03 bits per heavy atom. The van der Waals surface area contributed by atoms with Crippen LogP contribution >= 0.6 is 11.6 Å². The van der Waals surface area contributed by atoms with E-state index in [2.05, 4.69) is 5.32 Å². The van der Waals surface area contributed by atoms with E-state index in [-0.39, 0.29) is 16.8 Å². The molecule has 30 heavy (non-hydrogen) atoms. The molecule has 5 nitrogen and oxygen atoms in total. The first-order chi connectivity index (χ1) is 14.3. The first kappa shape index (κ1) is 20.4. The Bertz CT molecular complexity index is 1210. The van der Waals surface area contributed by atoms with Crippen molar-refractivity contribution in [3.05, 3.63) is 88.4 Å². The second-order valence-electron chi connectivity index (χ2n) is 7.47. The Morgan fingerprint density at radius 2 is 1.70 bits per heavy atom. The normalized spacial score (nSPS) is 15.7. The maximum atomic E-state index is 13.2. The SMILES string of the molecule is Cc1ccc(NC(=O)c2ccc3c(c2)C[C@H](C)N3S(=O)(=O)c2ccc(Cl)cc2)cc1. The van der Waals surface area contributed by atoms with E-state index >= 15 is 0 Å². The minimum Gasteiger partial charge on any atom is -0.322 e. The number of nitrogens with one attached hydrogen (secondary N) is 1. The summed E-state index contributed by atoms with van der Waals surface area (Å²) in [6.45, 7) is 3.84. The lowest BCUT2D eigenvalue weighted by Gasteiger charge is -2.24. The van der Waals surface area contributed by atoms with E-state index in [0.29, 0.717) is 28.4 Å². The topological polar surface area (TPSA) is 66.5 Å². The molecule has 0 fully saturated rings. The number of rotatable bonds is 4. The van der Waals surface area contributed by atoms with Crippen LogP contribution in [0.1, 0.15) is 28.4 Å². The molecule has 1 atom stereocenters. The van der Waals surface area contributed by atoms with E-state index < -0.39 is 10.0 Å². The molecule has 0 bridgehead atoms. The summed E-state index contributed by atoms with van der Waals surface area (Å²) in [6, 6.07) is 18.6. The number of benzene rings is 3. The van der Waals surface area contributed by atoms with Gasteiger partial charge in [0.05, 0.1) is 10.6 Å². The Labute approximate surface area is 181 Å². The standard InChI is InChI=1S/C23H21ClN2O3S/c1-15-3-8-20(9-4-15)25-23(27)17-5-12-22-18(14-17)13-16(2)26(22)30(28,29)21-10-6-19(24)7-11-21/h3-12,14,16H,13H2,1-2H3,(H,25,27)/t16-/m0/s1. The van der Waals surface area contributed by atoms with Gasteiger partial charge in [0.1, 0.15) is 0 Å². The second kappa shape index (κ2) is 7.78. The molecule has 7 heteroatoms. The van der Waals surface area contributed by atoms with E-state index in [1.807, 2.05) is 38.1 Å². The number of hydrogen-bond donors (Lipinski definition) is 1. The smallest absolute Gasteiger partial charge is 0.264 e. The third kappa shape index (κ3) is 3.80. The summed E-state index contributed by atoms with van der Waals surface area (Å²) in [5, 5.41) is 3.36. The van der Waals surface area contributed by atoms with Crippen molar-refractivity contribution in [3.8, 4) is 0 Å². The molecule has 154 valence electrons. The zero-order valence-corrected chi connectivity index (χ0v) is 18.2. The molecule has 1 heterocycles. The number of carbonyl (C=O) groups excluding carboxylic acids is 1. The third-order valence-corrected chi connectivity index (χ3v) is 7.37. The number of amides is 1. The van der Waals surface area contributed by atoms with E-state index in [4.69, 9.17) is 11.6 Å². The van der Waals surface area contributed by atoms with Gasteiger partial charge in [-0.15, -0.1) is 0 Å². The number of anilines is 2. The molecular formula is C23H21ClN2O3S. The van der Waals surface area contributed by atoms with Crippen molar-refractivity contribution < 1.29 is 13.2 Å². The molecule has 3 aromatic rings. The largest absolute Gasteiger partial charge is 0.322 e. The van der Waals surface area contributed by atoms with E-state index in [0.717, 1.165) is 11.1 Å². The van der Waals surface area contributed by atoms with Crippen molar-refractivity contribution in [2.24, 2.45) is 0 Å². The lowest BCUT2D eigenvalue weighted by atomic mass is 10.1. The van der Waals surface area contributed by atoms with Crippen LogP contribution in [0.5, 0.6) is 0 Å². The van der Waals surface area contributed by atoms with Gasteiger partial charge in [-0.05, 0) is 80.4 Å². The fourth-order valence-electron chi connectivity index (χ4n) is 3.67. The molecule has 0 radical (unpaired) electrons. The van der Waals surface area contributed by atoms with Crippen LogP contribution in [0.15, 0.2) is 71.6 Å². The second-order valence-corrected chi connectivity index (χ2v) is 9.72. The lowest BCUT2D eigenvalue weighted by Crippen LogP contribution is -2.35. The molecular weight excluding hydrogens is 420 g/mol. The summed E-state index contributed by atoms with van der Waals surface area (Å²) in [5.74, 6) is -0.228. The zero-order chi connectivity index (χ0) is 21.5. The average Bonchev–Trinajstić information content (AvgIpc) is 3.05. The Morgan fingerprint density at radius 3 is 2.37 bits per heavy atom. The number of halogens is 1.